The Bertz CT molecular complexity index is 533. The fourth-order valence-corrected chi connectivity index (χ4v) is 1.77. The third kappa shape index (κ3) is 1.54. The molecule has 0 amide bonds. The fraction of sp³-hybridized carbons (Fsp3) is 0.200. The van der Waals surface area contributed by atoms with Crippen LogP contribution in [0.1, 0.15) is 11.3 Å². The highest BCUT2D eigenvalue weighted by molar-refractivity contribution is 14.1. The first kappa shape index (κ1) is 9.64. The zero-order valence-electron chi connectivity index (χ0n) is 7.70. The van der Waals surface area contributed by atoms with Crippen molar-refractivity contribution in [3.8, 4) is 0 Å². The van der Waals surface area contributed by atoms with Gasteiger partial charge < -0.3 is 0 Å². The van der Waals surface area contributed by atoms with Crippen LogP contribution in [-0.2, 0) is 4.43 Å². The monoisotopic (exact) mass is 300 g/mol. The molecule has 0 aliphatic heterocycles. The van der Waals surface area contributed by atoms with E-state index < -0.39 is 0 Å². The summed E-state index contributed by atoms with van der Waals surface area (Å²) in [6.45, 7) is 1.96. The Labute approximate surface area is 94.9 Å². The minimum Gasteiger partial charge on any atom is -0.269 e. The van der Waals surface area contributed by atoms with E-state index in [2.05, 4.69) is 27.6 Å². The third-order valence-electron chi connectivity index (χ3n) is 2.08. The molecule has 2 aromatic heterocycles. The molecular weight excluding hydrogens is 291 g/mol. The van der Waals surface area contributed by atoms with E-state index in [9.17, 15) is 4.79 Å². The van der Waals surface area contributed by atoms with Crippen molar-refractivity contribution in [2.24, 2.45) is 0 Å². The Hall–Kier alpha value is -0.910. The van der Waals surface area contributed by atoms with E-state index in [1.54, 1.807) is 16.7 Å². The van der Waals surface area contributed by atoms with Crippen LogP contribution in [0.25, 0.3) is 5.65 Å². The maximum Gasteiger partial charge on any atom is 0.258 e. The van der Waals surface area contributed by atoms with Gasteiger partial charge in [0.25, 0.3) is 5.56 Å². The topological polar surface area (TPSA) is 34.4 Å². The molecule has 0 saturated heterocycles. The number of fused-ring (bicyclic) bond motifs is 1. The average molecular weight is 300 g/mol. The number of nitrogens with zero attached hydrogens (tertiary/aromatic N) is 2. The standard InChI is InChI=1S/C10H9IN2O/c1-7-3-2-4-13-9(14)5-8(6-11)12-10(7)13/h2-5H,6H2,1H3. The minimum absolute atomic E-state index is 0.00892. The normalized spacial score (nSPS) is 10.7. The van der Waals surface area contributed by atoms with Crippen molar-refractivity contribution in [2.45, 2.75) is 11.4 Å². The maximum absolute atomic E-state index is 11.6. The molecule has 2 rings (SSSR count). The van der Waals surface area contributed by atoms with Gasteiger partial charge in [-0.1, -0.05) is 28.7 Å². The molecule has 14 heavy (non-hydrogen) atoms. The van der Waals surface area contributed by atoms with Crippen LogP contribution in [0, 0.1) is 6.92 Å². The highest BCUT2D eigenvalue weighted by Gasteiger charge is 2.02. The number of pyridine rings is 1. The first-order valence-corrected chi connectivity index (χ1v) is 5.79. The molecule has 0 aliphatic rings. The lowest BCUT2D eigenvalue weighted by atomic mass is 10.3. The molecule has 0 atom stereocenters. The number of hydrogen-bond acceptors (Lipinski definition) is 2. The smallest absolute Gasteiger partial charge is 0.258 e. The Kier molecular flexibility index (Phi) is 2.54. The lowest BCUT2D eigenvalue weighted by Crippen LogP contribution is -2.15. The molecule has 72 valence electrons. The van der Waals surface area contributed by atoms with Crippen LogP contribution in [0.3, 0.4) is 0 Å². The molecule has 0 N–H and O–H groups in total. The van der Waals surface area contributed by atoms with Gasteiger partial charge in [-0.15, -0.1) is 0 Å². The Morgan fingerprint density at radius 1 is 1.57 bits per heavy atom. The van der Waals surface area contributed by atoms with E-state index >= 15 is 0 Å². The van der Waals surface area contributed by atoms with Crippen molar-refractivity contribution in [3.05, 3.63) is 46.0 Å². The SMILES string of the molecule is Cc1cccn2c(=O)cc(CI)nc12. The van der Waals surface area contributed by atoms with Crippen molar-refractivity contribution in [1.82, 2.24) is 9.38 Å². The second-order valence-electron chi connectivity index (χ2n) is 3.10. The quantitative estimate of drug-likeness (QED) is 0.596. The molecule has 4 heteroatoms. The van der Waals surface area contributed by atoms with E-state index in [-0.39, 0.29) is 5.56 Å². The number of halogens is 1. The van der Waals surface area contributed by atoms with Crippen molar-refractivity contribution in [3.63, 3.8) is 0 Å². The molecule has 0 bridgehead atoms. The van der Waals surface area contributed by atoms with Crippen LogP contribution >= 0.6 is 22.6 Å². The summed E-state index contributed by atoms with van der Waals surface area (Å²) >= 11 is 2.20. The highest BCUT2D eigenvalue weighted by atomic mass is 127. The van der Waals surface area contributed by atoms with Gasteiger partial charge in [0.1, 0.15) is 5.65 Å². The number of aromatic nitrogens is 2. The molecule has 0 aromatic carbocycles. The Morgan fingerprint density at radius 3 is 3.07 bits per heavy atom. The van der Waals surface area contributed by atoms with Crippen molar-refractivity contribution in [2.75, 3.05) is 0 Å². The first-order chi connectivity index (χ1) is 6.72. The van der Waals surface area contributed by atoms with Crippen LogP contribution in [0.15, 0.2) is 29.2 Å². The van der Waals surface area contributed by atoms with Gasteiger partial charge in [-0.2, -0.15) is 0 Å². The van der Waals surface area contributed by atoms with Gasteiger partial charge in [0.15, 0.2) is 0 Å². The van der Waals surface area contributed by atoms with Gasteiger partial charge in [-0.05, 0) is 18.6 Å². The predicted octanol–water partition coefficient (Wildman–Crippen LogP) is 1.94. The summed E-state index contributed by atoms with van der Waals surface area (Å²) in [5.41, 5.74) is 2.61. The zero-order chi connectivity index (χ0) is 10.1. The van der Waals surface area contributed by atoms with Crippen LogP contribution in [0.2, 0.25) is 0 Å². The molecule has 0 saturated carbocycles. The van der Waals surface area contributed by atoms with Gasteiger partial charge in [0, 0.05) is 16.7 Å². The molecule has 0 fully saturated rings. The lowest BCUT2D eigenvalue weighted by Gasteiger charge is -2.03. The number of hydrogen-bond donors (Lipinski definition) is 0. The summed E-state index contributed by atoms with van der Waals surface area (Å²) in [6, 6.07) is 5.40. The van der Waals surface area contributed by atoms with E-state index in [1.807, 2.05) is 19.1 Å². The van der Waals surface area contributed by atoms with Gasteiger partial charge in [-0.25, -0.2) is 4.98 Å². The number of rotatable bonds is 1. The zero-order valence-corrected chi connectivity index (χ0v) is 9.85. The largest absolute Gasteiger partial charge is 0.269 e. The van der Waals surface area contributed by atoms with Gasteiger partial charge in [0.05, 0.1) is 5.69 Å². The van der Waals surface area contributed by atoms with Gasteiger partial charge >= 0.3 is 0 Å². The first-order valence-electron chi connectivity index (χ1n) is 4.26. The predicted molar refractivity (Wildman–Crippen MR) is 63.9 cm³/mol. The molecule has 0 spiro atoms. The highest BCUT2D eigenvalue weighted by Crippen LogP contribution is 2.07. The number of aryl methyl sites for hydroxylation is 1. The summed E-state index contributed by atoms with van der Waals surface area (Å²) in [7, 11) is 0. The molecule has 0 unspecified atom stereocenters. The average Bonchev–Trinajstić information content (AvgIpc) is 2.19. The molecular formula is C10H9IN2O. The van der Waals surface area contributed by atoms with Crippen molar-refractivity contribution in [1.29, 1.82) is 0 Å². The van der Waals surface area contributed by atoms with Crippen molar-refractivity contribution >= 4 is 28.2 Å². The van der Waals surface area contributed by atoms with Crippen LogP contribution in [0.4, 0.5) is 0 Å². The third-order valence-corrected chi connectivity index (χ3v) is 2.86. The minimum atomic E-state index is -0.00892. The molecule has 3 nitrogen and oxygen atoms in total. The van der Waals surface area contributed by atoms with E-state index in [4.69, 9.17) is 0 Å². The molecule has 0 radical (unpaired) electrons. The number of alkyl halides is 1. The fourth-order valence-electron chi connectivity index (χ4n) is 1.38. The van der Waals surface area contributed by atoms with Crippen LogP contribution in [0.5, 0.6) is 0 Å². The molecule has 0 aliphatic carbocycles. The van der Waals surface area contributed by atoms with E-state index in [0.29, 0.717) is 0 Å². The maximum atomic E-state index is 11.6. The summed E-state index contributed by atoms with van der Waals surface area (Å²) < 4.78 is 2.34. The van der Waals surface area contributed by atoms with Gasteiger partial charge in [-0.3, -0.25) is 9.20 Å². The van der Waals surface area contributed by atoms with Crippen LogP contribution < -0.4 is 5.56 Å². The Morgan fingerprint density at radius 2 is 2.36 bits per heavy atom. The summed E-state index contributed by atoms with van der Waals surface area (Å²) in [5, 5.41) is 0. The second-order valence-corrected chi connectivity index (χ2v) is 3.87. The summed E-state index contributed by atoms with van der Waals surface area (Å²) in [5.74, 6) is 0. The van der Waals surface area contributed by atoms with Crippen LogP contribution in [-0.4, -0.2) is 9.38 Å². The van der Waals surface area contributed by atoms with E-state index in [0.717, 1.165) is 21.3 Å². The lowest BCUT2D eigenvalue weighted by molar-refractivity contribution is 1.00. The second kappa shape index (κ2) is 3.68. The summed E-state index contributed by atoms with van der Waals surface area (Å²) in [4.78, 5) is 16.0. The molecule has 2 heterocycles. The van der Waals surface area contributed by atoms with Gasteiger partial charge in [0.2, 0.25) is 0 Å². The van der Waals surface area contributed by atoms with Crippen molar-refractivity contribution < 1.29 is 0 Å². The summed E-state index contributed by atoms with van der Waals surface area (Å²) in [6.07, 6.45) is 1.74. The van der Waals surface area contributed by atoms with E-state index in [1.165, 1.54) is 0 Å². The molecule has 2 aromatic rings. The Balaban J connectivity index is 2.91.